The van der Waals surface area contributed by atoms with E-state index in [1.165, 1.54) is 16.7 Å². The van der Waals surface area contributed by atoms with Gasteiger partial charge in [0.2, 0.25) is 10.0 Å². The molecule has 0 aliphatic carbocycles. The van der Waals surface area contributed by atoms with Gasteiger partial charge in [0.1, 0.15) is 5.82 Å². The normalized spacial score (nSPS) is 11.5. The summed E-state index contributed by atoms with van der Waals surface area (Å²) in [7, 11) is -3.55. The van der Waals surface area contributed by atoms with Gasteiger partial charge >= 0.3 is 5.69 Å². The Morgan fingerprint density at radius 3 is 2.63 bits per heavy atom. The van der Waals surface area contributed by atoms with Gasteiger partial charge in [0.05, 0.1) is 57.7 Å². The SMILES string of the molecule is CS(=O)(=O)Nc1cccc(-n2c(=O)c3ccccc3n(Cc3nc4ccc(C#N)cc4[nH]3)c2=O)c1. The van der Waals surface area contributed by atoms with Crippen molar-refractivity contribution in [3.63, 3.8) is 0 Å². The molecule has 5 rings (SSSR count). The van der Waals surface area contributed by atoms with Gasteiger partial charge in [-0.2, -0.15) is 5.26 Å². The first-order valence-electron chi connectivity index (χ1n) is 10.4. The second-order valence-corrected chi connectivity index (χ2v) is 9.73. The van der Waals surface area contributed by atoms with Crippen molar-refractivity contribution in [1.82, 2.24) is 19.1 Å². The summed E-state index contributed by atoms with van der Waals surface area (Å²) < 4.78 is 28.1. The minimum Gasteiger partial charge on any atom is -0.340 e. The molecule has 0 aliphatic rings. The third-order valence-corrected chi connectivity index (χ3v) is 6.03. The molecule has 0 unspecified atom stereocenters. The molecule has 0 amide bonds. The molecule has 3 aromatic carbocycles. The molecule has 10 nitrogen and oxygen atoms in total. The zero-order chi connectivity index (χ0) is 24.7. The van der Waals surface area contributed by atoms with E-state index in [1.54, 1.807) is 54.6 Å². The van der Waals surface area contributed by atoms with E-state index < -0.39 is 21.3 Å². The summed E-state index contributed by atoms with van der Waals surface area (Å²) in [5.74, 6) is 0.472. The van der Waals surface area contributed by atoms with Crippen molar-refractivity contribution in [3.05, 3.63) is 99.0 Å². The molecular formula is C24H18N6O4S. The highest BCUT2D eigenvalue weighted by Gasteiger charge is 2.16. The molecule has 0 fully saturated rings. The molecule has 2 aromatic heterocycles. The number of aromatic amines is 1. The third kappa shape index (κ3) is 4.18. The van der Waals surface area contributed by atoms with Crippen LogP contribution in [0, 0.1) is 11.3 Å². The predicted octanol–water partition coefficient (Wildman–Crippen LogP) is 2.32. The molecular weight excluding hydrogens is 468 g/mol. The molecule has 35 heavy (non-hydrogen) atoms. The van der Waals surface area contributed by atoms with Crippen LogP contribution in [0.15, 0.2) is 76.3 Å². The van der Waals surface area contributed by atoms with Crippen LogP contribution in [0.3, 0.4) is 0 Å². The van der Waals surface area contributed by atoms with Gasteiger partial charge in [-0.1, -0.05) is 18.2 Å². The Balaban J connectivity index is 1.70. The minimum absolute atomic E-state index is 0.0392. The highest BCUT2D eigenvalue weighted by molar-refractivity contribution is 7.92. The number of benzene rings is 3. The van der Waals surface area contributed by atoms with Crippen LogP contribution < -0.4 is 16.0 Å². The topological polar surface area (TPSA) is 143 Å². The van der Waals surface area contributed by atoms with Gasteiger partial charge in [-0.25, -0.2) is 22.8 Å². The number of nitrogens with zero attached hydrogens (tertiary/aromatic N) is 4. The quantitative estimate of drug-likeness (QED) is 0.390. The summed E-state index contributed by atoms with van der Waals surface area (Å²) in [6, 6.07) is 19.9. The van der Waals surface area contributed by atoms with Crippen LogP contribution in [0.4, 0.5) is 5.69 Å². The number of H-pyrrole nitrogens is 1. The lowest BCUT2D eigenvalue weighted by Crippen LogP contribution is -2.39. The lowest BCUT2D eigenvalue weighted by Gasteiger charge is -2.14. The number of anilines is 1. The van der Waals surface area contributed by atoms with Crippen molar-refractivity contribution in [2.75, 3.05) is 11.0 Å². The van der Waals surface area contributed by atoms with Gasteiger partial charge in [-0.05, 0) is 48.5 Å². The number of fused-ring (bicyclic) bond motifs is 2. The molecule has 0 spiro atoms. The summed E-state index contributed by atoms with van der Waals surface area (Å²) in [5.41, 5.74) is 1.52. The Labute approximate surface area is 198 Å². The molecule has 11 heteroatoms. The van der Waals surface area contributed by atoms with E-state index in [9.17, 15) is 18.0 Å². The average molecular weight is 487 g/mol. The Morgan fingerprint density at radius 1 is 1.06 bits per heavy atom. The molecule has 0 saturated carbocycles. The maximum atomic E-state index is 13.6. The van der Waals surface area contributed by atoms with E-state index >= 15 is 0 Å². The zero-order valence-electron chi connectivity index (χ0n) is 18.4. The number of hydrogen-bond acceptors (Lipinski definition) is 6. The lowest BCUT2D eigenvalue weighted by molar-refractivity contribution is 0.607. The molecule has 0 radical (unpaired) electrons. The number of nitriles is 1. The fourth-order valence-electron chi connectivity index (χ4n) is 3.98. The average Bonchev–Trinajstić information content (AvgIpc) is 3.22. The minimum atomic E-state index is -3.55. The summed E-state index contributed by atoms with van der Waals surface area (Å²) in [4.78, 5) is 34.6. The van der Waals surface area contributed by atoms with E-state index in [1.807, 2.05) is 0 Å². The Bertz CT molecular complexity index is 1890. The van der Waals surface area contributed by atoms with Gasteiger partial charge in [-0.3, -0.25) is 14.1 Å². The molecule has 0 atom stereocenters. The van der Waals surface area contributed by atoms with Crippen molar-refractivity contribution in [1.29, 1.82) is 5.26 Å². The van der Waals surface area contributed by atoms with Crippen molar-refractivity contribution in [3.8, 4) is 11.8 Å². The fraction of sp³-hybridized carbons (Fsp3) is 0.0833. The number of sulfonamides is 1. The predicted molar refractivity (Wildman–Crippen MR) is 132 cm³/mol. The highest BCUT2D eigenvalue weighted by atomic mass is 32.2. The van der Waals surface area contributed by atoms with Crippen molar-refractivity contribution < 1.29 is 8.42 Å². The number of para-hydroxylation sites is 1. The number of hydrogen-bond donors (Lipinski definition) is 2. The van der Waals surface area contributed by atoms with Crippen LogP contribution in [0.1, 0.15) is 11.4 Å². The van der Waals surface area contributed by atoms with Gasteiger partial charge in [-0.15, -0.1) is 0 Å². The van der Waals surface area contributed by atoms with Crippen molar-refractivity contribution in [2.45, 2.75) is 6.54 Å². The first-order valence-corrected chi connectivity index (χ1v) is 12.3. The zero-order valence-corrected chi connectivity index (χ0v) is 19.2. The molecule has 174 valence electrons. The molecule has 5 aromatic rings. The van der Waals surface area contributed by atoms with E-state index in [0.29, 0.717) is 33.3 Å². The van der Waals surface area contributed by atoms with Crippen molar-refractivity contribution >= 4 is 37.6 Å². The standard InChI is InChI=1S/C24H18N6O4S/c1-35(33,34)28-16-5-4-6-17(12-16)30-23(31)18-7-2-3-8-21(18)29(24(30)32)14-22-26-19-10-9-15(13-25)11-20(19)27-22/h2-12,28H,14H2,1H3,(H,26,27). The molecule has 0 saturated heterocycles. The monoisotopic (exact) mass is 486 g/mol. The summed E-state index contributed by atoms with van der Waals surface area (Å²) in [6.45, 7) is 0.0392. The third-order valence-electron chi connectivity index (χ3n) is 5.43. The first-order chi connectivity index (χ1) is 16.7. The van der Waals surface area contributed by atoms with Gasteiger partial charge in [0.15, 0.2) is 0 Å². The first kappa shape index (κ1) is 22.1. The highest BCUT2D eigenvalue weighted by Crippen LogP contribution is 2.17. The largest absolute Gasteiger partial charge is 0.340 e. The summed E-state index contributed by atoms with van der Waals surface area (Å²) in [5, 5.41) is 9.46. The van der Waals surface area contributed by atoms with Crippen LogP contribution in [0.25, 0.3) is 27.6 Å². The lowest BCUT2D eigenvalue weighted by atomic mass is 10.2. The number of aromatic nitrogens is 4. The van der Waals surface area contributed by atoms with Crippen LogP contribution >= 0.6 is 0 Å². The van der Waals surface area contributed by atoms with Gasteiger partial charge < -0.3 is 4.98 Å². The Hall–Kier alpha value is -4.69. The smallest absolute Gasteiger partial charge is 0.336 e. The van der Waals surface area contributed by atoms with E-state index in [2.05, 4.69) is 20.8 Å². The van der Waals surface area contributed by atoms with Crippen molar-refractivity contribution in [2.24, 2.45) is 0 Å². The summed E-state index contributed by atoms with van der Waals surface area (Å²) >= 11 is 0. The number of imidazole rings is 1. The Kier molecular flexibility index (Phi) is 5.22. The molecule has 0 bridgehead atoms. The second-order valence-electron chi connectivity index (χ2n) is 7.98. The molecule has 2 N–H and O–H groups in total. The molecule has 0 aliphatic heterocycles. The van der Waals surface area contributed by atoms with Crippen LogP contribution in [-0.2, 0) is 16.6 Å². The maximum absolute atomic E-state index is 13.6. The number of rotatable bonds is 5. The van der Waals surface area contributed by atoms with Gasteiger partial charge in [0.25, 0.3) is 5.56 Å². The van der Waals surface area contributed by atoms with Crippen LogP contribution in [0.2, 0.25) is 0 Å². The Morgan fingerprint density at radius 2 is 1.86 bits per heavy atom. The van der Waals surface area contributed by atoms with Crippen LogP contribution in [-0.4, -0.2) is 33.8 Å². The number of nitrogens with one attached hydrogen (secondary N) is 2. The van der Waals surface area contributed by atoms with E-state index in [4.69, 9.17) is 5.26 Å². The van der Waals surface area contributed by atoms with E-state index in [-0.39, 0.29) is 17.9 Å². The second kappa shape index (κ2) is 8.27. The fourth-order valence-corrected chi connectivity index (χ4v) is 4.54. The maximum Gasteiger partial charge on any atom is 0.336 e. The molecule has 2 heterocycles. The van der Waals surface area contributed by atoms with Crippen LogP contribution in [0.5, 0.6) is 0 Å². The van der Waals surface area contributed by atoms with E-state index in [0.717, 1.165) is 10.8 Å². The van der Waals surface area contributed by atoms with Gasteiger partial charge in [0, 0.05) is 0 Å². The summed E-state index contributed by atoms with van der Waals surface area (Å²) in [6.07, 6.45) is 1.02.